The van der Waals surface area contributed by atoms with Gasteiger partial charge in [-0.25, -0.2) is 0 Å². The Bertz CT molecular complexity index is 702. The first-order chi connectivity index (χ1) is 25.7. The number of carbonyl (C=O) groups is 3. The second-order valence-electron chi connectivity index (χ2n) is 9.83. The van der Waals surface area contributed by atoms with E-state index in [-0.39, 0.29) is 25.4 Å². The fraction of sp³-hybridized carbons (Fsp3) is 0.879. The van der Waals surface area contributed by atoms with Crippen molar-refractivity contribution in [2.75, 3.05) is 172 Å². The van der Waals surface area contributed by atoms with Gasteiger partial charge >= 0.3 is 0 Å². The summed E-state index contributed by atoms with van der Waals surface area (Å²) in [6, 6.07) is -0.615. The number of hydrogen-bond donors (Lipinski definition) is 5. The number of hydrogen-bond acceptors (Lipinski definition) is 18. The summed E-state index contributed by atoms with van der Waals surface area (Å²) in [4.78, 5) is 35.4. The lowest BCUT2D eigenvalue weighted by molar-refractivity contribution is -0.123. The standard InChI is InChI=1S/C23H50N2O10.C9H15N3O3.CH5N/c1-25-3-5-27-7-9-29-11-13-31-15-17-33-19-21-35-23-22-34-20-18-32-16-14-30-12-10-28-8-6-26-4-2-24;10-3-4-11-6-9(15)12-8(7-14)2-1-5-13;1-2/h25H,2-24H2,1H3;4-5,7-8H,1-3,6,10H2,(H,12,15);2H2,1H3. The number of ether oxygens (including phenoxy) is 10. The minimum atomic E-state index is -0.615. The highest BCUT2D eigenvalue weighted by Crippen LogP contribution is 1.92. The van der Waals surface area contributed by atoms with Gasteiger partial charge < -0.3 is 84.8 Å². The maximum atomic E-state index is 11.1. The molecule has 0 fully saturated rings. The molecule has 0 aliphatic rings. The molecular weight excluding hydrogens is 688 g/mol. The molecule has 19 heteroatoms. The van der Waals surface area contributed by atoms with Crippen LogP contribution in [0.4, 0.5) is 0 Å². The van der Waals surface area contributed by atoms with Gasteiger partial charge in [0, 0.05) is 32.3 Å². The van der Waals surface area contributed by atoms with E-state index in [1.165, 1.54) is 13.3 Å². The van der Waals surface area contributed by atoms with E-state index in [0.717, 1.165) is 6.54 Å². The molecule has 0 spiro atoms. The molecule has 0 heterocycles. The van der Waals surface area contributed by atoms with E-state index in [1.807, 2.05) is 7.05 Å². The normalized spacial score (nSPS) is 11.4. The van der Waals surface area contributed by atoms with Crippen LogP contribution in [0.3, 0.4) is 0 Å². The fourth-order valence-electron chi connectivity index (χ4n) is 3.24. The highest BCUT2D eigenvalue weighted by Gasteiger charge is 2.09. The number of aldehydes is 2. The maximum absolute atomic E-state index is 11.1. The second kappa shape index (κ2) is 53.3. The molecule has 310 valence electrons. The third-order valence-corrected chi connectivity index (χ3v) is 5.68. The summed E-state index contributed by atoms with van der Waals surface area (Å²) in [5, 5.41) is 5.46. The molecule has 0 aromatic carbocycles. The molecule has 1 amide bonds. The van der Waals surface area contributed by atoms with Gasteiger partial charge in [-0.05, 0) is 20.5 Å². The quantitative estimate of drug-likeness (QED) is 0.0248. The molecule has 0 bridgehead atoms. The second-order valence-corrected chi connectivity index (χ2v) is 9.83. The van der Waals surface area contributed by atoms with Gasteiger partial charge in [-0.2, -0.15) is 0 Å². The van der Waals surface area contributed by atoms with E-state index in [0.29, 0.717) is 158 Å². The van der Waals surface area contributed by atoms with Crippen LogP contribution in [0.15, 0.2) is 4.99 Å². The van der Waals surface area contributed by atoms with Crippen molar-refractivity contribution >= 4 is 24.7 Å². The number of nitrogens with one attached hydrogen (secondary N) is 2. The summed E-state index contributed by atoms with van der Waals surface area (Å²) in [6.07, 6.45) is 3.29. The van der Waals surface area contributed by atoms with Crippen molar-refractivity contribution in [3.63, 3.8) is 0 Å². The average Bonchev–Trinajstić information content (AvgIpc) is 3.16. The molecule has 0 saturated carbocycles. The molecule has 52 heavy (non-hydrogen) atoms. The van der Waals surface area contributed by atoms with Crippen LogP contribution in [0.1, 0.15) is 12.8 Å². The summed E-state index contributed by atoms with van der Waals surface area (Å²) < 4.78 is 53.9. The highest BCUT2D eigenvalue weighted by atomic mass is 16.6. The fourth-order valence-corrected chi connectivity index (χ4v) is 3.24. The minimum absolute atomic E-state index is 0.0529. The first-order valence-corrected chi connectivity index (χ1v) is 17.7. The lowest BCUT2D eigenvalue weighted by Gasteiger charge is -2.09. The number of aliphatic imine (C=N–C) groups is 1. The van der Waals surface area contributed by atoms with Crippen LogP contribution >= 0.6 is 0 Å². The van der Waals surface area contributed by atoms with E-state index in [4.69, 9.17) is 58.8 Å². The van der Waals surface area contributed by atoms with E-state index in [2.05, 4.69) is 21.4 Å². The Kier molecular flexibility index (Phi) is 55.6. The van der Waals surface area contributed by atoms with Crippen molar-refractivity contribution in [2.24, 2.45) is 22.2 Å². The number of carbonyl (C=O) groups excluding carboxylic acids is 3. The van der Waals surface area contributed by atoms with Gasteiger partial charge in [0.05, 0.1) is 138 Å². The van der Waals surface area contributed by atoms with Crippen molar-refractivity contribution in [1.82, 2.24) is 10.6 Å². The number of amides is 1. The van der Waals surface area contributed by atoms with Gasteiger partial charge in [-0.15, -0.1) is 0 Å². The van der Waals surface area contributed by atoms with Gasteiger partial charge in [0.15, 0.2) is 0 Å². The number of nitrogens with two attached hydrogens (primary N) is 3. The van der Waals surface area contributed by atoms with Crippen molar-refractivity contribution in [2.45, 2.75) is 18.9 Å². The van der Waals surface area contributed by atoms with Gasteiger partial charge in [0.25, 0.3) is 0 Å². The maximum Gasteiger partial charge on any atom is 0.242 e. The predicted molar refractivity (Wildman–Crippen MR) is 197 cm³/mol. The Labute approximate surface area is 310 Å². The summed E-state index contributed by atoms with van der Waals surface area (Å²) in [5.41, 5.74) is 14.9. The number of nitrogens with zero attached hydrogens (tertiary/aromatic N) is 1. The van der Waals surface area contributed by atoms with Gasteiger partial charge in [0.2, 0.25) is 5.91 Å². The van der Waals surface area contributed by atoms with E-state index >= 15 is 0 Å². The largest absolute Gasteiger partial charge is 0.378 e. The van der Waals surface area contributed by atoms with E-state index in [9.17, 15) is 14.4 Å². The smallest absolute Gasteiger partial charge is 0.242 e. The first-order valence-electron chi connectivity index (χ1n) is 17.7. The summed E-state index contributed by atoms with van der Waals surface area (Å²) in [6.45, 7) is 12.6. The van der Waals surface area contributed by atoms with Crippen LogP contribution in [0, 0.1) is 0 Å². The molecule has 0 saturated heterocycles. The molecule has 8 N–H and O–H groups in total. The van der Waals surface area contributed by atoms with Crippen LogP contribution in [0.25, 0.3) is 0 Å². The third-order valence-electron chi connectivity index (χ3n) is 5.68. The van der Waals surface area contributed by atoms with E-state index in [1.54, 1.807) is 0 Å². The molecule has 0 radical (unpaired) electrons. The van der Waals surface area contributed by atoms with Crippen LogP contribution in [0.5, 0.6) is 0 Å². The molecule has 0 rings (SSSR count). The number of likely N-dealkylation sites (N-methyl/N-ethyl adjacent to an activating group) is 1. The molecule has 0 aromatic heterocycles. The zero-order valence-electron chi connectivity index (χ0n) is 31.7. The molecule has 0 aromatic rings. The Morgan fingerprint density at radius 2 is 0.942 bits per heavy atom. The van der Waals surface area contributed by atoms with Crippen molar-refractivity contribution < 1.29 is 61.8 Å². The Hall–Kier alpha value is -2.08. The molecule has 1 atom stereocenters. The Balaban J connectivity index is -0.00000118. The molecule has 1 unspecified atom stereocenters. The van der Waals surface area contributed by atoms with Crippen LogP contribution in [-0.4, -0.2) is 203 Å². The lowest BCUT2D eigenvalue weighted by Crippen LogP contribution is -2.37. The first kappa shape index (κ1) is 54.3. The summed E-state index contributed by atoms with van der Waals surface area (Å²) >= 11 is 0. The molecule has 0 aliphatic carbocycles. The Morgan fingerprint density at radius 1 is 0.596 bits per heavy atom. The minimum Gasteiger partial charge on any atom is -0.378 e. The number of rotatable bonds is 40. The zero-order valence-corrected chi connectivity index (χ0v) is 31.7. The third kappa shape index (κ3) is 52.3. The van der Waals surface area contributed by atoms with Crippen LogP contribution < -0.4 is 27.8 Å². The van der Waals surface area contributed by atoms with Gasteiger partial charge in [-0.3, -0.25) is 9.79 Å². The van der Waals surface area contributed by atoms with Crippen molar-refractivity contribution in [3.05, 3.63) is 0 Å². The van der Waals surface area contributed by atoms with Gasteiger partial charge in [-0.1, -0.05) is 0 Å². The van der Waals surface area contributed by atoms with Gasteiger partial charge in [0.1, 0.15) is 19.1 Å². The SMILES string of the molecule is CN.CNCCOCCOCCOCCOCCOCCOCCOCCOCCOCCOCCN.NCC=NCC(=O)NC(C=O)CCC=O. The average molecular weight is 759 g/mol. The topological polar surface area (TPSA) is 258 Å². The lowest BCUT2D eigenvalue weighted by atomic mass is 10.2. The molecule has 0 aliphatic heterocycles. The monoisotopic (exact) mass is 759 g/mol. The summed E-state index contributed by atoms with van der Waals surface area (Å²) in [5.74, 6) is -0.359. The van der Waals surface area contributed by atoms with Crippen LogP contribution in [-0.2, 0) is 61.8 Å². The van der Waals surface area contributed by atoms with Crippen molar-refractivity contribution in [1.29, 1.82) is 0 Å². The molecular formula is C33H70N6O13. The van der Waals surface area contributed by atoms with Crippen LogP contribution in [0.2, 0.25) is 0 Å². The Morgan fingerprint density at radius 3 is 1.23 bits per heavy atom. The van der Waals surface area contributed by atoms with Crippen molar-refractivity contribution in [3.8, 4) is 0 Å². The molecule has 19 nitrogen and oxygen atoms in total. The highest BCUT2D eigenvalue weighted by molar-refractivity contribution is 5.82. The zero-order chi connectivity index (χ0) is 38.9. The summed E-state index contributed by atoms with van der Waals surface area (Å²) in [7, 11) is 3.40. The predicted octanol–water partition coefficient (Wildman–Crippen LogP) is -2.42. The van der Waals surface area contributed by atoms with E-state index < -0.39 is 6.04 Å².